The molecule has 6 heteroatoms. The first-order valence-corrected chi connectivity index (χ1v) is 6.99. The third kappa shape index (κ3) is 6.83. The fourth-order valence-corrected chi connectivity index (χ4v) is 2.16. The van der Waals surface area contributed by atoms with Gasteiger partial charge in [0.25, 0.3) is 0 Å². The highest BCUT2D eigenvalue weighted by Crippen LogP contribution is 2.18. The van der Waals surface area contributed by atoms with Gasteiger partial charge in [-0.2, -0.15) is 0 Å². The molecule has 1 rings (SSSR count). The maximum absolute atomic E-state index is 11.3. The van der Waals surface area contributed by atoms with E-state index in [0.717, 1.165) is 13.0 Å². The van der Waals surface area contributed by atoms with Crippen LogP contribution in [0.5, 0.6) is 0 Å². The van der Waals surface area contributed by atoms with Crippen molar-refractivity contribution in [3.05, 3.63) is 0 Å². The number of methoxy groups -OCH3 is 1. The summed E-state index contributed by atoms with van der Waals surface area (Å²) in [7, 11) is -1.64. The van der Waals surface area contributed by atoms with Crippen LogP contribution < -0.4 is 10.0 Å². The number of ether oxygens (including phenoxy) is 1. The second-order valence-corrected chi connectivity index (χ2v) is 5.71. The fraction of sp³-hybridized carbons (Fsp3) is 1.00. The summed E-state index contributed by atoms with van der Waals surface area (Å²) >= 11 is 0. The summed E-state index contributed by atoms with van der Waals surface area (Å²) in [5.74, 6) is 0.0412. The van der Waals surface area contributed by atoms with Gasteiger partial charge in [-0.05, 0) is 25.8 Å². The smallest absolute Gasteiger partial charge is 0.213 e. The fourth-order valence-electron chi connectivity index (χ4n) is 1.17. The van der Waals surface area contributed by atoms with Crippen LogP contribution in [0.4, 0.5) is 0 Å². The molecule has 0 atom stereocenters. The third-order valence-corrected chi connectivity index (χ3v) is 3.59. The molecule has 0 spiro atoms. The summed E-state index contributed by atoms with van der Waals surface area (Å²) in [6.45, 7) is 1.64. The minimum absolute atomic E-state index is 0.0412. The SMILES string of the molecule is COCCS(=O)(=O)NCCCNC1CC1. The van der Waals surface area contributed by atoms with Crippen molar-refractivity contribution < 1.29 is 13.2 Å². The van der Waals surface area contributed by atoms with Gasteiger partial charge in [0, 0.05) is 19.7 Å². The quantitative estimate of drug-likeness (QED) is 0.539. The predicted molar refractivity (Wildman–Crippen MR) is 59.3 cm³/mol. The maximum atomic E-state index is 11.3. The number of rotatable bonds is 9. The van der Waals surface area contributed by atoms with Gasteiger partial charge in [-0.1, -0.05) is 0 Å². The van der Waals surface area contributed by atoms with Crippen LogP contribution in [-0.2, 0) is 14.8 Å². The van der Waals surface area contributed by atoms with Crippen LogP contribution in [0.3, 0.4) is 0 Å². The zero-order chi connectivity index (χ0) is 11.1. The van der Waals surface area contributed by atoms with Crippen molar-refractivity contribution >= 4 is 10.0 Å². The normalized spacial score (nSPS) is 16.9. The molecule has 0 aromatic carbocycles. The van der Waals surface area contributed by atoms with Gasteiger partial charge < -0.3 is 10.1 Å². The number of hydrogen-bond acceptors (Lipinski definition) is 4. The average Bonchev–Trinajstić information content (AvgIpc) is 2.98. The van der Waals surface area contributed by atoms with Crippen LogP contribution in [0.15, 0.2) is 0 Å². The van der Waals surface area contributed by atoms with E-state index in [1.807, 2.05) is 0 Å². The summed E-state index contributed by atoms with van der Waals surface area (Å²) in [5.41, 5.74) is 0. The Hall–Kier alpha value is -0.170. The van der Waals surface area contributed by atoms with Gasteiger partial charge >= 0.3 is 0 Å². The van der Waals surface area contributed by atoms with Gasteiger partial charge in [0.1, 0.15) is 0 Å². The molecular weight excluding hydrogens is 216 g/mol. The van der Waals surface area contributed by atoms with Crippen molar-refractivity contribution in [3.63, 3.8) is 0 Å². The number of sulfonamides is 1. The molecule has 15 heavy (non-hydrogen) atoms. The average molecular weight is 236 g/mol. The second-order valence-electron chi connectivity index (χ2n) is 3.79. The van der Waals surface area contributed by atoms with E-state index < -0.39 is 10.0 Å². The molecule has 0 saturated heterocycles. The molecule has 0 bridgehead atoms. The van der Waals surface area contributed by atoms with E-state index in [4.69, 9.17) is 4.74 Å². The van der Waals surface area contributed by atoms with Crippen molar-refractivity contribution in [2.45, 2.75) is 25.3 Å². The summed E-state index contributed by atoms with van der Waals surface area (Å²) in [4.78, 5) is 0. The maximum Gasteiger partial charge on any atom is 0.213 e. The van der Waals surface area contributed by atoms with Crippen LogP contribution in [0.25, 0.3) is 0 Å². The van der Waals surface area contributed by atoms with Crippen LogP contribution >= 0.6 is 0 Å². The summed E-state index contributed by atoms with van der Waals surface area (Å²) < 4.78 is 29.8. The Morgan fingerprint density at radius 2 is 2.07 bits per heavy atom. The number of nitrogens with one attached hydrogen (secondary N) is 2. The van der Waals surface area contributed by atoms with Crippen LogP contribution in [0, 0.1) is 0 Å². The van der Waals surface area contributed by atoms with Crippen LogP contribution in [-0.4, -0.2) is 47.0 Å². The molecule has 2 N–H and O–H groups in total. The lowest BCUT2D eigenvalue weighted by Gasteiger charge is -2.06. The predicted octanol–water partition coefficient (Wildman–Crippen LogP) is -0.306. The molecule has 0 heterocycles. The Labute approximate surface area is 91.6 Å². The monoisotopic (exact) mass is 236 g/mol. The van der Waals surface area contributed by atoms with Gasteiger partial charge in [-0.25, -0.2) is 13.1 Å². The number of hydrogen-bond donors (Lipinski definition) is 2. The van der Waals surface area contributed by atoms with Gasteiger partial charge in [0.05, 0.1) is 12.4 Å². The van der Waals surface area contributed by atoms with Crippen molar-refractivity contribution in [1.82, 2.24) is 10.0 Å². The van der Waals surface area contributed by atoms with Crippen molar-refractivity contribution in [2.24, 2.45) is 0 Å². The van der Waals surface area contributed by atoms with Crippen molar-refractivity contribution in [2.75, 3.05) is 32.6 Å². The van der Waals surface area contributed by atoms with Crippen molar-refractivity contribution in [1.29, 1.82) is 0 Å². The minimum Gasteiger partial charge on any atom is -0.384 e. The topological polar surface area (TPSA) is 67.4 Å². The molecule has 0 amide bonds. The highest BCUT2D eigenvalue weighted by molar-refractivity contribution is 7.89. The molecule has 0 aromatic heterocycles. The van der Waals surface area contributed by atoms with E-state index in [-0.39, 0.29) is 12.4 Å². The van der Waals surface area contributed by atoms with Gasteiger partial charge in [0.2, 0.25) is 10.0 Å². The second kappa shape index (κ2) is 6.42. The van der Waals surface area contributed by atoms with Crippen molar-refractivity contribution in [3.8, 4) is 0 Å². The first-order valence-electron chi connectivity index (χ1n) is 5.34. The first-order chi connectivity index (χ1) is 7.14. The lowest BCUT2D eigenvalue weighted by Crippen LogP contribution is -2.31. The Morgan fingerprint density at radius 1 is 1.33 bits per heavy atom. The van der Waals surface area contributed by atoms with E-state index in [9.17, 15) is 8.42 Å². The first kappa shape index (κ1) is 12.9. The molecule has 5 nitrogen and oxygen atoms in total. The Morgan fingerprint density at radius 3 is 2.67 bits per heavy atom. The van der Waals surface area contributed by atoms with E-state index in [0.29, 0.717) is 12.6 Å². The van der Waals surface area contributed by atoms with E-state index in [1.165, 1.54) is 20.0 Å². The standard InChI is InChI=1S/C9H20N2O3S/c1-14-7-8-15(12,13)11-6-2-5-10-9-3-4-9/h9-11H,2-8H2,1H3. The highest BCUT2D eigenvalue weighted by atomic mass is 32.2. The van der Waals surface area contributed by atoms with E-state index in [2.05, 4.69) is 10.0 Å². The van der Waals surface area contributed by atoms with E-state index >= 15 is 0 Å². The third-order valence-electron chi connectivity index (χ3n) is 2.24. The molecular formula is C9H20N2O3S. The minimum atomic E-state index is -3.13. The zero-order valence-electron chi connectivity index (χ0n) is 9.16. The molecule has 1 saturated carbocycles. The largest absolute Gasteiger partial charge is 0.384 e. The Balaban J connectivity index is 1.96. The molecule has 0 radical (unpaired) electrons. The molecule has 1 fully saturated rings. The molecule has 0 aliphatic heterocycles. The lowest BCUT2D eigenvalue weighted by atomic mass is 10.4. The molecule has 1 aliphatic carbocycles. The summed E-state index contributed by atoms with van der Waals surface area (Å²) in [5, 5.41) is 3.33. The molecule has 0 aromatic rings. The lowest BCUT2D eigenvalue weighted by molar-refractivity contribution is 0.217. The van der Waals surface area contributed by atoms with Gasteiger partial charge in [-0.15, -0.1) is 0 Å². The highest BCUT2D eigenvalue weighted by Gasteiger charge is 2.19. The van der Waals surface area contributed by atoms with Gasteiger partial charge in [0.15, 0.2) is 0 Å². The van der Waals surface area contributed by atoms with Crippen LogP contribution in [0.1, 0.15) is 19.3 Å². The molecule has 1 aliphatic rings. The van der Waals surface area contributed by atoms with Gasteiger partial charge in [-0.3, -0.25) is 0 Å². The summed E-state index contributed by atoms with van der Waals surface area (Å²) in [6, 6.07) is 0.690. The Bertz CT molecular complexity index is 263. The molecule has 0 unspecified atom stereocenters. The van der Waals surface area contributed by atoms with Crippen LogP contribution in [0.2, 0.25) is 0 Å². The van der Waals surface area contributed by atoms with E-state index in [1.54, 1.807) is 0 Å². The zero-order valence-corrected chi connectivity index (χ0v) is 9.98. The molecule has 90 valence electrons. The summed E-state index contributed by atoms with van der Waals surface area (Å²) in [6.07, 6.45) is 3.36. The Kier molecular flexibility index (Phi) is 5.52.